The predicted octanol–water partition coefficient (Wildman–Crippen LogP) is 3.26. The van der Waals surface area contributed by atoms with Crippen molar-refractivity contribution in [2.45, 2.75) is 6.92 Å². The Balaban J connectivity index is 1.88. The minimum absolute atomic E-state index is 0.0549. The maximum absolute atomic E-state index is 11.8. The Morgan fingerprint density at radius 2 is 1.86 bits per heavy atom. The molecule has 6 heteroatoms. The zero-order valence-corrected chi connectivity index (χ0v) is 13.4. The van der Waals surface area contributed by atoms with Gasteiger partial charge in [0.15, 0.2) is 6.61 Å². The first-order valence-electron chi connectivity index (χ1n) is 6.48. The second-order valence-corrected chi connectivity index (χ2v) is 5.49. The molecule has 0 aromatic heterocycles. The van der Waals surface area contributed by atoms with Gasteiger partial charge in [0.25, 0.3) is 5.91 Å². The molecule has 0 aliphatic rings. The maximum atomic E-state index is 11.8. The lowest BCUT2D eigenvalue weighted by atomic mass is 10.2. The third kappa shape index (κ3) is 4.33. The van der Waals surface area contributed by atoms with Gasteiger partial charge in [-0.1, -0.05) is 22.0 Å². The molecule has 2 aromatic carbocycles. The molecule has 0 saturated carbocycles. The molecule has 0 saturated heterocycles. The van der Waals surface area contributed by atoms with Crippen LogP contribution in [0.4, 0.5) is 5.69 Å². The van der Waals surface area contributed by atoms with Crippen LogP contribution in [0.3, 0.4) is 0 Å². The van der Waals surface area contributed by atoms with Crippen LogP contribution in [-0.4, -0.2) is 23.6 Å². The first-order valence-corrected chi connectivity index (χ1v) is 7.27. The number of amides is 1. The average Bonchev–Trinajstić information content (AvgIpc) is 2.49. The Morgan fingerprint density at radius 1 is 1.18 bits per heavy atom. The van der Waals surface area contributed by atoms with E-state index in [4.69, 9.17) is 9.84 Å². The van der Waals surface area contributed by atoms with E-state index < -0.39 is 11.9 Å². The number of rotatable bonds is 4. The highest BCUT2D eigenvalue weighted by atomic mass is 79.9. The lowest BCUT2D eigenvalue weighted by molar-refractivity contribution is -0.119. The maximum Gasteiger partial charge on any atom is 0.338 e. The summed E-state index contributed by atoms with van der Waals surface area (Å²) in [6, 6.07) is 11.0. The van der Waals surface area contributed by atoms with Crippen LogP contribution in [0.25, 0.3) is 0 Å². The topological polar surface area (TPSA) is 75.6 Å². The van der Waals surface area contributed by atoms with Crippen LogP contribution in [0, 0.1) is 6.92 Å². The number of aryl methyl sites for hydroxylation is 1. The minimum atomic E-state index is -0.625. The molecule has 114 valence electrons. The highest BCUT2D eigenvalue weighted by Crippen LogP contribution is 2.20. The second kappa shape index (κ2) is 7.09. The molecule has 0 atom stereocenters. The van der Waals surface area contributed by atoms with Crippen LogP contribution in [0.2, 0.25) is 0 Å². The van der Waals surface area contributed by atoms with Crippen molar-refractivity contribution in [1.29, 1.82) is 0 Å². The van der Waals surface area contributed by atoms with E-state index in [0.717, 1.165) is 10.0 Å². The summed E-state index contributed by atoms with van der Waals surface area (Å²) < 4.78 is 5.79. The third-order valence-corrected chi connectivity index (χ3v) is 3.75. The lowest BCUT2D eigenvalue weighted by Gasteiger charge is -2.08. The Bertz CT molecular complexity index is 698. The van der Waals surface area contributed by atoms with Gasteiger partial charge in [0.1, 0.15) is 5.75 Å². The number of nitrogens with one attached hydrogen (secondary N) is 1. The van der Waals surface area contributed by atoms with E-state index in [2.05, 4.69) is 21.2 Å². The SMILES string of the molecule is Cc1ccc(NC(=O)COC(=O)c2ccc(O)cc2)cc1Br. The van der Waals surface area contributed by atoms with Crippen LogP contribution in [0.1, 0.15) is 15.9 Å². The van der Waals surface area contributed by atoms with Gasteiger partial charge in [0.2, 0.25) is 0 Å². The summed E-state index contributed by atoms with van der Waals surface area (Å²) in [4.78, 5) is 23.5. The Hall–Kier alpha value is -2.34. The van der Waals surface area contributed by atoms with Gasteiger partial charge in [-0.05, 0) is 48.9 Å². The van der Waals surface area contributed by atoms with E-state index in [-0.39, 0.29) is 17.9 Å². The van der Waals surface area contributed by atoms with Crippen LogP contribution < -0.4 is 5.32 Å². The third-order valence-electron chi connectivity index (χ3n) is 2.89. The second-order valence-electron chi connectivity index (χ2n) is 4.64. The number of phenolic OH excluding ortho intramolecular Hbond substituents is 1. The average molecular weight is 364 g/mol. The summed E-state index contributed by atoms with van der Waals surface area (Å²) in [5.74, 6) is -0.998. The van der Waals surface area contributed by atoms with Crippen molar-refractivity contribution in [3.05, 3.63) is 58.1 Å². The van der Waals surface area contributed by atoms with E-state index >= 15 is 0 Å². The van der Waals surface area contributed by atoms with Crippen LogP contribution in [0.5, 0.6) is 5.75 Å². The molecule has 1 amide bonds. The number of carbonyl (C=O) groups is 2. The van der Waals surface area contributed by atoms with Gasteiger partial charge in [0.05, 0.1) is 5.56 Å². The van der Waals surface area contributed by atoms with E-state index in [0.29, 0.717) is 5.69 Å². The molecule has 0 heterocycles. The fourth-order valence-corrected chi connectivity index (χ4v) is 2.06. The minimum Gasteiger partial charge on any atom is -0.508 e. The van der Waals surface area contributed by atoms with E-state index in [9.17, 15) is 9.59 Å². The lowest BCUT2D eigenvalue weighted by Crippen LogP contribution is -2.20. The van der Waals surface area contributed by atoms with Gasteiger partial charge in [-0.15, -0.1) is 0 Å². The van der Waals surface area contributed by atoms with Gasteiger partial charge in [-0.2, -0.15) is 0 Å². The summed E-state index contributed by atoms with van der Waals surface area (Å²) in [5, 5.41) is 11.8. The predicted molar refractivity (Wildman–Crippen MR) is 85.9 cm³/mol. The molecule has 0 fully saturated rings. The van der Waals surface area contributed by atoms with E-state index in [1.807, 2.05) is 13.0 Å². The van der Waals surface area contributed by atoms with Gasteiger partial charge < -0.3 is 15.2 Å². The molecule has 0 unspecified atom stereocenters. The molecular weight excluding hydrogens is 350 g/mol. The Labute approximate surface area is 136 Å². The summed E-state index contributed by atoms with van der Waals surface area (Å²) in [7, 11) is 0. The van der Waals surface area contributed by atoms with Crippen LogP contribution in [0.15, 0.2) is 46.9 Å². The highest BCUT2D eigenvalue weighted by Gasteiger charge is 2.10. The molecule has 2 rings (SSSR count). The molecule has 0 radical (unpaired) electrons. The molecular formula is C16H14BrNO4. The summed E-state index contributed by atoms with van der Waals surface area (Å²) in [6.45, 7) is 1.56. The van der Waals surface area contributed by atoms with Gasteiger partial charge in [-0.25, -0.2) is 4.79 Å². The summed E-state index contributed by atoms with van der Waals surface area (Å²) >= 11 is 3.38. The van der Waals surface area contributed by atoms with Crippen molar-refractivity contribution < 1.29 is 19.4 Å². The first kappa shape index (κ1) is 16.0. The summed E-state index contributed by atoms with van der Waals surface area (Å²) in [6.07, 6.45) is 0. The monoisotopic (exact) mass is 363 g/mol. The van der Waals surface area contributed by atoms with Gasteiger partial charge >= 0.3 is 5.97 Å². The van der Waals surface area contributed by atoms with Gasteiger partial charge in [-0.3, -0.25) is 4.79 Å². The molecule has 0 aliphatic heterocycles. The largest absolute Gasteiger partial charge is 0.508 e. The Morgan fingerprint density at radius 3 is 2.50 bits per heavy atom. The molecule has 2 aromatic rings. The number of anilines is 1. The van der Waals surface area contributed by atoms with Gasteiger partial charge in [0, 0.05) is 10.2 Å². The van der Waals surface area contributed by atoms with Crippen molar-refractivity contribution >= 4 is 33.5 Å². The zero-order valence-electron chi connectivity index (χ0n) is 11.8. The molecule has 0 aliphatic carbocycles. The zero-order chi connectivity index (χ0) is 16.1. The number of aromatic hydroxyl groups is 1. The smallest absolute Gasteiger partial charge is 0.338 e. The van der Waals surface area contributed by atoms with Crippen molar-refractivity contribution in [2.24, 2.45) is 0 Å². The van der Waals surface area contributed by atoms with Crippen LogP contribution in [-0.2, 0) is 9.53 Å². The number of esters is 1. The number of halogens is 1. The number of carbonyl (C=O) groups excluding carboxylic acids is 2. The van der Waals surface area contributed by atoms with E-state index in [1.54, 1.807) is 12.1 Å². The van der Waals surface area contributed by atoms with E-state index in [1.165, 1.54) is 24.3 Å². The molecule has 2 N–H and O–H groups in total. The molecule has 22 heavy (non-hydrogen) atoms. The van der Waals surface area contributed by atoms with Crippen molar-refractivity contribution in [2.75, 3.05) is 11.9 Å². The summed E-state index contributed by atoms with van der Waals surface area (Å²) in [5.41, 5.74) is 1.93. The normalized spacial score (nSPS) is 10.1. The first-order chi connectivity index (χ1) is 10.5. The number of hydrogen-bond acceptors (Lipinski definition) is 4. The number of hydrogen-bond donors (Lipinski definition) is 2. The fourth-order valence-electron chi connectivity index (χ4n) is 1.68. The molecule has 0 bridgehead atoms. The number of phenols is 1. The molecule has 0 spiro atoms. The van der Waals surface area contributed by atoms with Crippen LogP contribution >= 0.6 is 15.9 Å². The van der Waals surface area contributed by atoms with Crippen molar-refractivity contribution in [3.63, 3.8) is 0 Å². The number of benzene rings is 2. The van der Waals surface area contributed by atoms with Crippen molar-refractivity contribution in [3.8, 4) is 5.75 Å². The number of ether oxygens (including phenoxy) is 1. The molecule has 5 nitrogen and oxygen atoms in total. The van der Waals surface area contributed by atoms with Crippen molar-refractivity contribution in [1.82, 2.24) is 0 Å². The standard InChI is InChI=1S/C16H14BrNO4/c1-10-2-5-12(8-14(10)17)18-15(20)9-22-16(21)11-3-6-13(19)7-4-11/h2-8,19H,9H2,1H3,(H,18,20). The quantitative estimate of drug-likeness (QED) is 0.817. The Kier molecular flexibility index (Phi) is 5.16. The fraction of sp³-hybridized carbons (Fsp3) is 0.125. The highest BCUT2D eigenvalue weighted by molar-refractivity contribution is 9.10.